The Morgan fingerprint density at radius 2 is 1.50 bits per heavy atom. The van der Waals surface area contributed by atoms with Crippen molar-refractivity contribution in [2.24, 2.45) is 11.3 Å². The first-order chi connectivity index (χ1) is 19.7. The number of hydrogen-bond donors (Lipinski definition) is 5. The Bertz CT molecular complexity index is 1150. The summed E-state index contributed by atoms with van der Waals surface area (Å²) in [5.41, 5.74) is 2.11. The molecule has 0 unspecified atom stereocenters. The molecule has 0 bridgehead atoms. The highest BCUT2D eigenvalue weighted by Gasteiger charge is 2.34. The van der Waals surface area contributed by atoms with Crippen LogP contribution in [0.4, 0.5) is 0 Å². The van der Waals surface area contributed by atoms with Gasteiger partial charge < -0.3 is 30.9 Å². The van der Waals surface area contributed by atoms with Gasteiger partial charge in [-0.2, -0.15) is 0 Å². The zero-order valence-corrected chi connectivity index (χ0v) is 26.1. The number of rotatable bonds is 15. The van der Waals surface area contributed by atoms with Gasteiger partial charge in [0.05, 0.1) is 18.1 Å². The van der Waals surface area contributed by atoms with E-state index in [0.717, 1.165) is 29.5 Å². The van der Waals surface area contributed by atoms with Crippen LogP contribution < -0.4 is 20.7 Å². The predicted molar refractivity (Wildman–Crippen MR) is 164 cm³/mol. The average molecular weight is 584 g/mol. The van der Waals surface area contributed by atoms with Crippen LogP contribution in [0.1, 0.15) is 70.6 Å². The van der Waals surface area contributed by atoms with Gasteiger partial charge in [-0.25, -0.2) is 0 Å². The quantitative estimate of drug-likeness (QED) is 0.215. The lowest BCUT2D eigenvalue weighted by Crippen LogP contribution is -2.52. The molecule has 0 aliphatic rings. The molecule has 232 valence electrons. The fraction of sp³-hybridized carbons (Fsp3) is 0.545. The fourth-order valence-electron chi connectivity index (χ4n) is 4.81. The molecule has 42 heavy (non-hydrogen) atoms. The van der Waals surface area contributed by atoms with E-state index in [1.165, 1.54) is 12.1 Å². The van der Waals surface area contributed by atoms with Crippen molar-refractivity contribution in [2.75, 3.05) is 13.2 Å². The number of carbonyl (C=O) groups excluding carboxylic acids is 3. The number of hydrogen-bond acceptors (Lipinski definition) is 6. The van der Waals surface area contributed by atoms with Crippen molar-refractivity contribution in [3.63, 3.8) is 0 Å². The first-order valence-electron chi connectivity index (χ1n) is 14.8. The molecule has 0 spiro atoms. The Morgan fingerprint density at radius 3 is 2.05 bits per heavy atom. The van der Waals surface area contributed by atoms with Crippen molar-refractivity contribution in [2.45, 2.75) is 92.3 Å². The third kappa shape index (κ3) is 11.0. The molecule has 0 aliphatic carbocycles. The van der Waals surface area contributed by atoms with E-state index in [4.69, 9.17) is 4.74 Å². The molecule has 5 N–H and O–H groups in total. The van der Waals surface area contributed by atoms with Gasteiger partial charge in [-0.15, -0.1) is 0 Å². The van der Waals surface area contributed by atoms with Gasteiger partial charge in [0.15, 0.2) is 6.61 Å². The van der Waals surface area contributed by atoms with Gasteiger partial charge in [0.2, 0.25) is 11.8 Å². The number of phenols is 1. The van der Waals surface area contributed by atoms with Gasteiger partial charge in [-0.1, -0.05) is 65.0 Å². The van der Waals surface area contributed by atoms with Crippen LogP contribution in [0.25, 0.3) is 0 Å². The Balaban J connectivity index is 2.11. The highest BCUT2D eigenvalue weighted by atomic mass is 16.5. The number of para-hydroxylation sites is 1. The summed E-state index contributed by atoms with van der Waals surface area (Å²) in [5.74, 6) is -0.810. The normalized spacial score (nSPS) is 13.6. The number of nitrogens with one attached hydrogen (secondary N) is 3. The lowest BCUT2D eigenvalue weighted by Gasteiger charge is -2.31. The van der Waals surface area contributed by atoms with Gasteiger partial charge in [-0.05, 0) is 67.3 Å². The van der Waals surface area contributed by atoms with E-state index in [9.17, 15) is 24.6 Å². The van der Waals surface area contributed by atoms with E-state index in [1.807, 2.05) is 66.7 Å². The van der Waals surface area contributed by atoms with Gasteiger partial charge >= 0.3 is 0 Å². The van der Waals surface area contributed by atoms with E-state index in [2.05, 4.69) is 16.0 Å². The standard InChI is InChI=1S/C33H49N3O6/c1-8-24(9-2)35-29(39)18-26(33(5,6)7)32(41)34-19-28(38)27(17-23-13-15-25(37)16-14-23)36-30(40)20-42-31-21(3)11-10-12-22(31)4/h10-16,24,26-28,37-38H,8-9,17-20H2,1-7H3,(H,34,41)(H,35,39)(H,36,40)/t26-,27-,28+/m0/s1. The number of aliphatic hydroxyl groups is 1. The van der Waals surface area contributed by atoms with Gasteiger partial charge in [0, 0.05) is 19.0 Å². The van der Waals surface area contributed by atoms with Crippen molar-refractivity contribution >= 4 is 17.7 Å². The topological polar surface area (TPSA) is 137 Å². The van der Waals surface area contributed by atoms with Crippen molar-refractivity contribution in [1.29, 1.82) is 0 Å². The maximum Gasteiger partial charge on any atom is 0.258 e. The van der Waals surface area contributed by atoms with Crippen LogP contribution in [0.3, 0.4) is 0 Å². The highest BCUT2D eigenvalue weighted by Crippen LogP contribution is 2.29. The summed E-state index contributed by atoms with van der Waals surface area (Å²) in [7, 11) is 0. The van der Waals surface area contributed by atoms with Crippen molar-refractivity contribution in [3.8, 4) is 11.5 Å². The Labute approximate surface area is 250 Å². The van der Waals surface area contributed by atoms with Crippen LogP contribution in [0.2, 0.25) is 0 Å². The summed E-state index contributed by atoms with van der Waals surface area (Å²) in [4.78, 5) is 38.9. The SMILES string of the molecule is CCC(CC)NC(=O)C[C@@H](C(=O)NC[C@@H](O)[C@H](Cc1ccc(O)cc1)NC(=O)COc1c(C)cccc1C)C(C)(C)C. The number of aryl methyl sites for hydroxylation is 2. The second-order valence-corrected chi connectivity index (χ2v) is 12.1. The Hall–Kier alpha value is -3.59. The average Bonchev–Trinajstić information content (AvgIpc) is 2.93. The Kier molecular flexibility index (Phi) is 13.3. The molecule has 9 heteroatoms. The number of ether oxygens (including phenoxy) is 1. The zero-order chi connectivity index (χ0) is 31.4. The minimum atomic E-state index is -1.13. The second-order valence-electron chi connectivity index (χ2n) is 12.1. The summed E-state index contributed by atoms with van der Waals surface area (Å²) >= 11 is 0. The predicted octanol–water partition coefficient (Wildman–Crippen LogP) is 3.95. The van der Waals surface area contributed by atoms with Gasteiger partial charge in [0.25, 0.3) is 5.91 Å². The molecule has 2 aromatic carbocycles. The third-order valence-corrected chi connectivity index (χ3v) is 7.55. The first-order valence-corrected chi connectivity index (χ1v) is 14.8. The summed E-state index contributed by atoms with van der Waals surface area (Å²) in [6.07, 6.45) is 0.777. The molecule has 3 atom stereocenters. The molecule has 2 rings (SSSR count). The zero-order valence-electron chi connectivity index (χ0n) is 26.1. The molecule has 0 saturated heterocycles. The van der Waals surface area contributed by atoms with E-state index < -0.39 is 29.4 Å². The molecule has 0 fully saturated rings. The minimum Gasteiger partial charge on any atom is -0.508 e. The van der Waals surface area contributed by atoms with Crippen LogP contribution in [0.15, 0.2) is 42.5 Å². The summed E-state index contributed by atoms with van der Waals surface area (Å²) in [6.45, 7) is 13.2. The maximum atomic E-state index is 13.3. The number of aliphatic hydroxyl groups excluding tert-OH is 1. The molecule has 9 nitrogen and oxygen atoms in total. The number of phenolic OH excluding ortho intramolecular Hbond substituents is 1. The van der Waals surface area contributed by atoms with Crippen LogP contribution in [0.5, 0.6) is 11.5 Å². The van der Waals surface area contributed by atoms with Crippen LogP contribution in [-0.2, 0) is 20.8 Å². The van der Waals surface area contributed by atoms with Crippen molar-refractivity contribution in [3.05, 3.63) is 59.2 Å². The van der Waals surface area contributed by atoms with E-state index in [0.29, 0.717) is 5.75 Å². The summed E-state index contributed by atoms with van der Waals surface area (Å²) in [6, 6.07) is 11.5. The fourth-order valence-corrected chi connectivity index (χ4v) is 4.81. The lowest BCUT2D eigenvalue weighted by molar-refractivity contribution is -0.134. The third-order valence-electron chi connectivity index (χ3n) is 7.55. The second kappa shape index (κ2) is 16.2. The first kappa shape index (κ1) is 34.6. The number of amides is 3. The molecule has 0 heterocycles. The van der Waals surface area contributed by atoms with Crippen molar-refractivity contribution < 1.29 is 29.3 Å². The molecular formula is C33H49N3O6. The number of aromatic hydroxyl groups is 1. The van der Waals surface area contributed by atoms with Crippen LogP contribution >= 0.6 is 0 Å². The monoisotopic (exact) mass is 583 g/mol. The minimum absolute atomic E-state index is 0.0330. The lowest BCUT2D eigenvalue weighted by atomic mass is 9.78. The molecule has 0 aliphatic heterocycles. The number of carbonyl (C=O) groups is 3. The Morgan fingerprint density at radius 1 is 0.905 bits per heavy atom. The van der Waals surface area contributed by atoms with E-state index in [1.54, 1.807) is 12.1 Å². The summed E-state index contributed by atoms with van der Waals surface area (Å²) in [5, 5.41) is 29.5. The van der Waals surface area contributed by atoms with Gasteiger partial charge in [0.1, 0.15) is 11.5 Å². The summed E-state index contributed by atoms with van der Waals surface area (Å²) < 4.78 is 5.79. The van der Waals surface area contributed by atoms with Crippen molar-refractivity contribution in [1.82, 2.24) is 16.0 Å². The smallest absolute Gasteiger partial charge is 0.258 e. The molecule has 0 aromatic heterocycles. The number of benzene rings is 2. The van der Waals surface area contributed by atoms with E-state index >= 15 is 0 Å². The van der Waals surface area contributed by atoms with Crippen LogP contribution in [-0.4, -0.2) is 59.3 Å². The van der Waals surface area contributed by atoms with Crippen LogP contribution in [0, 0.1) is 25.2 Å². The molecule has 0 saturated carbocycles. The molecule has 3 amide bonds. The largest absolute Gasteiger partial charge is 0.508 e. The molecule has 2 aromatic rings. The van der Waals surface area contributed by atoms with E-state index in [-0.39, 0.29) is 49.6 Å². The molecule has 0 radical (unpaired) electrons. The van der Waals surface area contributed by atoms with Gasteiger partial charge in [-0.3, -0.25) is 14.4 Å². The molecular weight excluding hydrogens is 534 g/mol. The highest BCUT2D eigenvalue weighted by molar-refractivity contribution is 5.86. The maximum absolute atomic E-state index is 13.3.